The third-order valence-electron chi connectivity index (χ3n) is 5.30. The molecule has 0 saturated heterocycles. The van der Waals surface area contributed by atoms with Gasteiger partial charge in [0.05, 0.1) is 0 Å². The Labute approximate surface area is 115 Å². The summed E-state index contributed by atoms with van der Waals surface area (Å²) in [5, 5.41) is 0. The average molecular weight is 253 g/mol. The zero-order chi connectivity index (χ0) is 14.2. The van der Waals surface area contributed by atoms with Gasteiger partial charge in [-0.15, -0.1) is 0 Å². The van der Waals surface area contributed by atoms with Crippen molar-refractivity contribution in [2.75, 3.05) is 7.05 Å². The molecule has 0 heterocycles. The summed E-state index contributed by atoms with van der Waals surface area (Å²) < 4.78 is 0. The number of nitrogens with zero attached hydrogens (tertiary/aromatic N) is 1. The van der Waals surface area contributed by atoms with E-state index < -0.39 is 0 Å². The molecule has 18 heavy (non-hydrogen) atoms. The van der Waals surface area contributed by atoms with Gasteiger partial charge in [0.15, 0.2) is 0 Å². The maximum absolute atomic E-state index is 2.61. The predicted octanol–water partition coefficient (Wildman–Crippen LogP) is 4.67. The molecule has 1 aliphatic carbocycles. The van der Waals surface area contributed by atoms with Crippen molar-refractivity contribution in [1.29, 1.82) is 0 Å². The molecule has 1 nitrogen and oxygen atoms in total. The highest BCUT2D eigenvalue weighted by Crippen LogP contribution is 2.50. The molecule has 0 radical (unpaired) electrons. The summed E-state index contributed by atoms with van der Waals surface area (Å²) in [7, 11) is 2.32. The Balaban J connectivity index is 2.82. The fraction of sp³-hybridized carbons (Fsp3) is 1.00. The third-order valence-corrected chi connectivity index (χ3v) is 5.30. The van der Waals surface area contributed by atoms with E-state index in [9.17, 15) is 0 Å². The maximum Gasteiger partial charge on any atom is 0.0174 e. The molecule has 0 bridgehead atoms. The molecule has 1 rings (SSSR count). The van der Waals surface area contributed by atoms with E-state index in [0.717, 1.165) is 23.7 Å². The highest BCUT2D eigenvalue weighted by atomic mass is 15.2. The number of hydrogen-bond acceptors (Lipinski definition) is 1. The topological polar surface area (TPSA) is 3.24 Å². The van der Waals surface area contributed by atoms with Gasteiger partial charge in [-0.2, -0.15) is 0 Å². The van der Waals surface area contributed by atoms with Crippen molar-refractivity contribution in [3.05, 3.63) is 0 Å². The number of hydrogen-bond donors (Lipinski definition) is 0. The van der Waals surface area contributed by atoms with Gasteiger partial charge < -0.3 is 4.90 Å². The fourth-order valence-corrected chi connectivity index (χ4v) is 4.04. The molecule has 1 saturated carbocycles. The molecule has 1 fully saturated rings. The van der Waals surface area contributed by atoms with E-state index in [1.54, 1.807) is 0 Å². The lowest BCUT2D eigenvalue weighted by atomic mass is 9.55. The second-order valence-corrected chi connectivity index (χ2v) is 8.24. The van der Waals surface area contributed by atoms with E-state index in [2.05, 4.69) is 67.3 Å². The normalized spacial score (nSPS) is 31.0. The first-order chi connectivity index (χ1) is 8.07. The highest BCUT2D eigenvalue weighted by molar-refractivity contribution is 4.99. The zero-order valence-corrected chi connectivity index (χ0v) is 14.1. The van der Waals surface area contributed by atoms with Crippen LogP contribution in [-0.4, -0.2) is 24.0 Å². The minimum atomic E-state index is 0.375. The highest BCUT2D eigenvalue weighted by Gasteiger charge is 2.48. The maximum atomic E-state index is 2.61. The summed E-state index contributed by atoms with van der Waals surface area (Å²) in [5.74, 6) is 3.56. The first kappa shape index (κ1) is 16.0. The average Bonchev–Trinajstić information content (AvgIpc) is 2.19. The third kappa shape index (κ3) is 3.10. The molecule has 0 N–H and O–H groups in total. The zero-order valence-electron chi connectivity index (χ0n) is 14.1. The van der Waals surface area contributed by atoms with Crippen LogP contribution in [0.25, 0.3) is 0 Å². The summed E-state index contributed by atoms with van der Waals surface area (Å²) in [4.78, 5) is 2.61. The van der Waals surface area contributed by atoms with Crippen LogP contribution in [0.5, 0.6) is 0 Å². The molecule has 0 aromatic heterocycles. The Kier molecular flexibility index (Phi) is 4.92. The monoisotopic (exact) mass is 253 g/mol. The van der Waals surface area contributed by atoms with Crippen LogP contribution < -0.4 is 0 Å². The van der Waals surface area contributed by atoms with Gasteiger partial charge >= 0.3 is 0 Å². The number of rotatable bonds is 4. The molecule has 1 heteroatoms. The van der Waals surface area contributed by atoms with Gasteiger partial charge in [0.25, 0.3) is 0 Å². The van der Waals surface area contributed by atoms with Gasteiger partial charge in [0.1, 0.15) is 0 Å². The first-order valence-corrected chi connectivity index (χ1v) is 7.79. The molecule has 0 aromatic carbocycles. The van der Waals surface area contributed by atoms with Crippen LogP contribution in [0.2, 0.25) is 0 Å². The first-order valence-electron chi connectivity index (χ1n) is 7.79. The molecule has 108 valence electrons. The van der Waals surface area contributed by atoms with Crippen molar-refractivity contribution < 1.29 is 0 Å². The van der Waals surface area contributed by atoms with Gasteiger partial charge in [-0.05, 0) is 56.4 Å². The molecular weight excluding hydrogens is 218 g/mol. The van der Waals surface area contributed by atoms with Gasteiger partial charge in [-0.3, -0.25) is 0 Å². The van der Waals surface area contributed by atoms with Crippen LogP contribution in [0, 0.1) is 29.1 Å². The molecule has 4 atom stereocenters. The lowest BCUT2D eigenvalue weighted by Crippen LogP contribution is -2.57. The summed E-state index contributed by atoms with van der Waals surface area (Å²) >= 11 is 0. The lowest BCUT2D eigenvalue weighted by molar-refractivity contribution is -0.0615. The van der Waals surface area contributed by atoms with Crippen LogP contribution in [-0.2, 0) is 0 Å². The van der Waals surface area contributed by atoms with Crippen LogP contribution >= 0.6 is 0 Å². The lowest BCUT2D eigenvalue weighted by Gasteiger charge is -2.55. The van der Waals surface area contributed by atoms with Crippen LogP contribution in [0.1, 0.15) is 61.8 Å². The van der Waals surface area contributed by atoms with Crippen LogP contribution in [0.3, 0.4) is 0 Å². The van der Waals surface area contributed by atoms with Crippen molar-refractivity contribution in [2.45, 2.75) is 73.9 Å². The molecule has 0 aromatic rings. The molecule has 0 aliphatic heterocycles. The summed E-state index contributed by atoms with van der Waals surface area (Å²) in [5.41, 5.74) is 0.375. The quantitative estimate of drug-likeness (QED) is 0.704. The molecule has 0 amide bonds. The van der Waals surface area contributed by atoms with Crippen molar-refractivity contribution >= 4 is 0 Å². The predicted molar refractivity (Wildman–Crippen MR) is 81.7 cm³/mol. The minimum absolute atomic E-state index is 0.375. The SMILES string of the molecule is CC(C)C1CC(C(N(C)C(C)C)C(C)(C)C)C1C. The van der Waals surface area contributed by atoms with E-state index in [4.69, 9.17) is 0 Å². The van der Waals surface area contributed by atoms with E-state index in [0.29, 0.717) is 17.5 Å². The van der Waals surface area contributed by atoms with Crippen molar-refractivity contribution in [2.24, 2.45) is 29.1 Å². The summed E-state index contributed by atoms with van der Waals surface area (Å²) in [6.45, 7) is 19.1. The minimum Gasteiger partial charge on any atom is -0.300 e. The fourth-order valence-electron chi connectivity index (χ4n) is 4.04. The standard InChI is InChI=1S/C17H35N/c1-11(2)14-10-15(13(14)5)16(17(6,7)8)18(9)12(3)4/h11-16H,10H2,1-9H3. The van der Waals surface area contributed by atoms with Crippen LogP contribution in [0.15, 0.2) is 0 Å². The van der Waals surface area contributed by atoms with Gasteiger partial charge in [0.2, 0.25) is 0 Å². The molecule has 4 unspecified atom stereocenters. The largest absolute Gasteiger partial charge is 0.300 e. The Bertz CT molecular complexity index is 261. The Morgan fingerprint density at radius 1 is 1.00 bits per heavy atom. The van der Waals surface area contributed by atoms with E-state index in [-0.39, 0.29) is 0 Å². The van der Waals surface area contributed by atoms with Crippen LogP contribution in [0.4, 0.5) is 0 Å². The van der Waals surface area contributed by atoms with Gasteiger partial charge in [-0.25, -0.2) is 0 Å². The van der Waals surface area contributed by atoms with E-state index in [1.807, 2.05) is 0 Å². The summed E-state index contributed by atoms with van der Waals surface area (Å²) in [6.07, 6.45) is 1.43. The Morgan fingerprint density at radius 2 is 1.50 bits per heavy atom. The van der Waals surface area contributed by atoms with E-state index >= 15 is 0 Å². The van der Waals surface area contributed by atoms with Crippen molar-refractivity contribution in [3.63, 3.8) is 0 Å². The van der Waals surface area contributed by atoms with Crippen molar-refractivity contribution in [1.82, 2.24) is 4.90 Å². The van der Waals surface area contributed by atoms with Gasteiger partial charge in [-0.1, -0.05) is 41.5 Å². The van der Waals surface area contributed by atoms with Gasteiger partial charge in [0, 0.05) is 12.1 Å². The van der Waals surface area contributed by atoms with Crippen molar-refractivity contribution in [3.8, 4) is 0 Å². The molecular formula is C17H35N. The molecule has 0 spiro atoms. The summed E-state index contributed by atoms with van der Waals surface area (Å²) in [6, 6.07) is 1.35. The second-order valence-electron chi connectivity index (χ2n) is 8.24. The second kappa shape index (κ2) is 5.53. The Hall–Kier alpha value is -0.0400. The Morgan fingerprint density at radius 3 is 1.78 bits per heavy atom. The smallest absolute Gasteiger partial charge is 0.0174 e. The molecule has 1 aliphatic rings. The van der Waals surface area contributed by atoms with E-state index in [1.165, 1.54) is 6.42 Å².